The maximum Gasteiger partial charge on any atom is 0.269 e. The fraction of sp³-hybridized carbons (Fsp3) is 0.348. The number of hydrogen-bond donors (Lipinski definition) is 2. The first kappa shape index (κ1) is 20.3. The Labute approximate surface area is 175 Å². The second kappa shape index (κ2) is 9.19. The summed E-state index contributed by atoms with van der Waals surface area (Å²) in [6.45, 7) is 4.29. The molecule has 1 fully saturated rings. The predicted octanol–water partition coefficient (Wildman–Crippen LogP) is 3.01. The van der Waals surface area contributed by atoms with Gasteiger partial charge < -0.3 is 14.8 Å². The summed E-state index contributed by atoms with van der Waals surface area (Å²) in [7, 11) is 1.59. The van der Waals surface area contributed by atoms with Gasteiger partial charge in [-0.25, -0.2) is 0 Å². The molecule has 0 saturated carbocycles. The van der Waals surface area contributed by atoms with Crippen molar-refractivity contribution in [1.82, 2.24) is 20.6 Å². The zero-order valence-electron chi connectivity index (χ0n) is 17.2. The molecule has 1 saturated heterocycles. The second-order valence-electron chi connectivity index (χ2n) is 7.43. The van der Waals surface area contributed by atoms with Gasteiger partial charge in [0, 0.05) is 49.5 Å². The van der Waals surface area contributed by atoms with E-state index >= 15 is 0 Å². The lowest BCUT2D eigenvalue weighted by atomic mass is 9.99. The van der Waals surface area contributed by atoms with Crippen molar-refractivity contribution in [2.75, 3.05) is 26.9 Å². The van der Waals surface area contributed by atoms with Crippen LogP contribution >= 0.6 is 0 Å². The van der Waals surface area contributed by atoms with Crippen molar-refractivity contribution in [3.8, 4) is 16.9 Å². The number of nitrogens with one attached hydrogen (secondary N) is 2. The number of rotatable bonds is 5. The number of carbonyl (C=O) groups excluding carboxylic acids is 1. The Kier molecular flexibility index (Phi) is 6.21. The van der Waals surface area contributed by atoms with Crippen LogP contribution in [0.1, 0.15) is 23.8 Å². The number of hydrogen-bond acceptors (Lipinski definition) is 6. The molecule has 0 radical (unpaired) electrons. The highest BCUT2D eigenvalue weighted by atomic mass is 16.5. The number of nitrogens with zero attached hydrogens (tertiary/aromatic N) is 2. The summed E-state index contributed by atoms with van der Waals surface area (Å²) in [6.07, 6.45) is 4.45. The van der Waals surface area contributed by atoms with E-state index in [4.69, 9.17) is 9.47 Å². The molecule has 0 spiro atoms. The van der Waals surface area contributed by atoms with Gasteiger partial charge in [-0.2, -0.15) is 0 Å². The minimum Gasteiger partial charge on any atom is -0.490 e. The lowest BCUT2D eigenvalue weighted by Crippen LogP contribution is -2.32. The molecule has 1 aromatic carbocycles. The molecule has 3 aromatic rings. The van der Waals surface area contributed by atoms with Crippen LogP contribution < -0.4 is 15.4 Å². The number of pyridine rings is 2. The molecule has 1 aliphatic rings. The molecule has 2 atom stereocenters. The average molecular weight is 406 g/mol. The van der Waals surface area contributed by atoms with Crippen LogP contribution in [0.3, 0.4) is 0 Å². The zero-order chi connectivity index (χ0) is 20.9. The van der Waals surface area contributed by atoms with E-state index < -0.39 is 0 Å². The minimum absolute atomic E-state index is 0.0200. The zero-order valence-corrected chi connectivity index (χ0v) is 17.2. The molecule has 2 aromatic heterocycles. The Balaban J connectivity index is 1.66. The summed E-state index contributed by atoms with van der Waals surface area (Å²) < 4.78 is 11.9. The Morgan fingerprint density at radius 2 is 2.17 bits per heavy atom. The van der Waals surface area contributed by atoms with Gasteiger partial charge in [-0.3, -0.25) is 20.1 Å². The van der Waals surface area contributed by atoms with Crippen molar-refractivity contribution in [2.24, 2.45) is 5.92 Å². The van der Waals surface area contributed by atoms with Crippen molar-refractivity contribution in [2.45, 2.75) is 19.4 Å². The van der Waals surface area contributed by atoms with Crippen LogP contribution in [0.5, 0.6) is 5.75 Å². The Hall–Kier alpha value is -3.03. The molecule has 1 amide bonds. The first-order valence-corrected chi connectivity index (χ1v) is 10.2. The van der Waals surface area contributed by atoms with Gasteiger partial charge in [-0.15, -0.1) is 0 Å². The third-order valence-electron chi connectivity index (χ3n) is 5.46. The number of fused-ring (bicyclic) bond motifs is 1. The quantitative estimate of drug-likeness (QED) is 0.678. The van der Waals surface area contributed by atoms with Crippen LogP contribution in [0.4, 0.5) is 0 Å². The van der Waals surface area contributed by atoms with Gasteiger partial charge in [0.1, 0.15) is 17.5 Å². The van der Waals surface area contributed by atoms with E-state index in [0.29, 0.717) is 18.3 Å². The first-order valence-electron chi connectivity index (χ1n) is 10.2. The maximum absolute atomic E-state index is 11.8. The third-order valence-corrected chi connectivity index (χ3v) is 5.46. The van der Waals surface area contributed by atoms with Gasteiger partial charge in [0.15, 0.2) is 0 Å². The molecule has 2 N–H and O–H groups in total. The number of carbonyl (C=O) groups is 1. The molecule has 156 valence electrons. The fourth-order valence-electron chi connectivity index (χ4n) is 3.66. The van der Waals surface area contributed by atoms with E-state index in [1.165, 1.54) is 0 Å². The van der Waals surface area contributed by atoms with E-state index in [-0.39, 0.29) is 12.0 Å². The van der Waals surface area contributed by atoms with Crippen molar-refractivity contribution >= 4 is 16.8 Å². The maximum atomic E-state index is 11.8. The minimum atomic E-state index is -0.208. The fourth-order valence-corrected chi connectivity index (χ4v) is 3.66. The largest absolute Gasteiger partial charge is 0.490 e. The van der Waals surface area contributed by atoms with Gasteiger partial charge in [0.05, 0.1) is 12.2 Å². The van der Waals surface area contributed by atoms with Gasteiger partial charge >= 0.3 is 0 Å². The van der Waals surface area contributed by atoms with Crippen molar-refractivity contribution in [3.05, 3.63) is 54.5 Å². The number of aromatic nitrogens is 2. The number of benzene rings is 1. The van der Waals surface area contributed by atoms with E-state index in [0.717, 1.165) is 47.4 Å². The second-order valence-corrected chi connectivity index (χ2v) is 7.43. The van der Waals surface area contributed by atoms with Crippen LogP contribution in [-0.2, 0) is 4.74 Å². The smallest absolute Gasteiger partial charge is 0.269 e. The molecule has 1 aliphatic heterocycles. The van der Waals surface area contributed by atoms with Crippen LogP contribution in [0.15, 0.2) is 48.8 Å². The summed E-state index contributed by atoms with van der Waals surface area (Å²) in [5, 5.41) is 6.86. The van der Waals surface area contributed by atoms with Crippen molar-refractivity contribution in [1.29, 1.82) is 0 Å². The summed E-state index contributed by atoms with van der Waals surface area (Å²) in [6, 6.07) is 11.6. The average Bonchev–Trinajstić information content (AvgIpc) is 3.08. The van der Waals surface area contributed by atoms with Gasteiger partial charge in [-0.1, -0.05) is 6.07 Å². The summed E-state index contributed by atoms with van der Waals surface area (Å²) in [5.74, 6) is 0.945. The van der Waals surface area contributed by atoms with E-state index in [9.17, 15) is 4.79 Å². The van der Waals surface area contributed by atoms with Gasteiger partial charge in [0.2, 0.25) is 0 Å². The molecule has 0 unspecified atom stereocenters. The molecule has 4 rings (SSSR count). The molecular weight excluding hydrogens is 380 g/mol. The number of ether oxygens (including phenoxy) is 2. The lowest BCUT2D eigenvalue weighted by Gasteiger charge is -2.24. The molecule has 3 heterocycles. The molecule has 0 aliphatic carbocycles. The van der Waals surface area contributed by atoms with Crippen LogP contribution in [0, 0.1) is 5.92 Å². The van der Waals surface area contributed by atoms with Gasteiger partial charge in [-0.05, 0) is 49.2 Å². The Bertz CT molecular complexity index is 1010. The van der Waals surface area contributed by atoms with Crippen LogP contribution in [0.2, 0.25) is 0 Å². The predicted molar refractivity (Wildman–Crippen MR) is 115 cm³/mol. The normalized spacial score (nSPS) is 17.9. The highest BCUT2D eigenvalue weighted by Gasteiger charge is 2.22. The highest BCUT2D eigenvalue weighted by molar-refractivity contribution is 5.93. The lowest BCUT2D eigenvalue weighted by molar-refractivity contribution is 0.0958. The SMILES string of the molecule is CNC(=O)c1ccc(-c2cc(O[C@H](C)[C@@H]3CCOCNC3)c3cccnc3c2)cn1. The van der Waals surface area contributed by atoms with Gasteiger partial charge in [0.25, 0.3) is 5.91 Å². The molecule has 7 heteroatoms. The number of amides is 1. The summed E-state index contributed by atoms with van der Waals surface area (Å²) >= 11 is 0. The molecule has 7 nitrogen and oxygen atoms in total. The Morgan fingerprint density at radius 3 is 2.97 bits per heavy atom. The highest BCUT2D eigenvalue weighted by Crippen LogP contribution is 2.33. The molecular formula is C23H26N4O3. The van der Waals surface area contributed by atoms with E-state index in [1.54, 1.807) is 25.5 Å². The first-order chi connectivity index (χ1) is 14.7. The van der Waals surface area contributed by atoms with E-state index in [2.05, 4.69) is 27.5 Å². The Morgan fingerprint density at radius 1 is 1.27 bits per heavy atom. The van der Waals surface area contributed by atoms with Crippen LogP contribution in [0.25, 0.3) is 22.0 Å². The monoisotopic (exact) mass is 406 g/mol. The third kappa shape index (κ3) is 4.42. The topological polar surface area (TPSA) is 85.4 Å². The van der Waals surface area contributed by atoms with E-state index in [1.807, 2.05) is 30.3 Å². The summed E-state index contributed by atoms with van der Waals surface area (Å²) in [5.41, 5.74) is 3.09. The standard InChI is InChI=1S/C23H26N4O3/c1-15(16-7-9-29-14-25-12-16)30-22-11-18(10-21-19(22)4-3-8-26-21)17-5-6-20(27-13-17)23(28)24-2/h3-6,8,10-11,13,15-16,25H,7,9,12,14H2,1-2H3,(H,24,28)/t15-,16-/m1/s1. The van der Waals surface area contributed by atoms with Crippen molar-refractivity contribution < 1.29 is 14.3 Å². The van der Waals surface area contributed by atoms with Crippen LogP contribution in [-0.4, -0.2) is 48.9 Å². The molecule has 0 bridgehead atoms. The molecule has 30 heavy (non-hydrogen) atoms. The summed E-state index contributed by atoms with van der Waals surface area (Å²) in [4.78, 5) is 20.6. The van der Waals surface area contributed by atoms with Crippen molar-refractivity contribution in [3.63, 3.8) is 0 Å².